The number of aromatic nitrogens is 2. The zero-order chi connectivity index (χ0) is 16.4. The molecule has 1 saturated carbocycles. The van der Waals surface area contributed by atoms with E-state index in [0.717, 1.165) is 29.4 Å². The van der Waals surface area contributed by atoms with E-state index in [9.17, 15) is 9.59 Å². The van der Waals surface area contributed by atoms with Crippen molar-refractivity contribution < 1.29 is 4.79 Å². The number of nitrogens with zero attached hydrogens (tertiary/aromatic N) is 2. The highest BCUT2D eigenvalue weighted by molar-refractivity contribution is 7.99. The van der Waals surface area contributed by atoms with Gasteiger partial charge in [-0.05, 0) is 18.8 Å². The van der Waals surface area contributed by atoms with Gasteiger partial charge in [0.15, 0.2) is 5.16 Å². The van der Waals surface area contributed by atoms with Crippen LogP contribution < -0.4 is 10.9 Å². The van der Waals surface area contributed by atoms with E-state index >= 15 is 0 Å². The maximum atomic E-state index is 12.4. The van der Waals surface area contributed by atoms with Crippen molar-refractivity contribution in [3.63, 3.8) is 0 Å². The minimum absolute atomic E-state index is 0.0285. The molecule has 0 radical (unpaired) electrons. The molecule has 23 heavy (non-hydrogen) atoms. The summed E-state index contributed by atoms with van der Waals surface area (Å²) in [6.45, 7) is 4.07. The van der Waals surface area contributed by atoms with Crippen LogP contribution in [0.1, 0.15) is 70.0 Å². The smallest absolute Gasteiger partial charge is 0.254 e. The molecule has 0 bridgehead atoms. The molecule has 1 N–H and O–H groups in total. The molecule has 2 aliphatic rings. The Labute approximate surface area is 141 Å². The highest BCUT2D eigenvalue weighted by Crippen LogP contribution is 2.32. The summed E-state index contributed by atoms with van der Waals surface area (Å²) < 4.78 is 1.71. The predicted octanol–water partition coefficient (Wildman–Crippen LogP) is 2.85. The molecule has 0 aromatic carbocycles. The number of hydrogen-bond donors (Lipinski definition) is 1. The first-order valence-corrected chi connectivity index (χ1v) is 9.59. The highest BCUT2D eigenvalue weighted by Gasteiger charge is 2.28. The first-order valence-electron chi connectivity index (χ1n) is 8.60. The van der Waals surface area contributed by atoms with Gasteiger partial charge < -0.3 is 5.32 Å². The summed E-state index contributed by atoms with van der Waals surface area (Å²) in [5, 5.41) is 3.90. The lowest BCUT2D eigenvalue weighted by Gasteiger charge is -2.23. The Morgan fingerprint density at radius 1 is 1.39 bits per heavy atom. The van der Waals surface area contributed by atoms with Crippen LogP contribution in [0.5, 0.6) is 0 Å². The fourth-order valence-electron chi connectivity index (χ4n) is 3.36. The second-order valence-electron chi connectivity index (χ2n) is 6.90. The van der Waals surface area contributed by atoms with Crippen LogP contribution in [0.15, 0.2) is 16.0 Å². The Morgan fingerprint density at radius 2 is 2.13 bits per heavy atom. The van der Waals surface area contributed by atoms with Gasteiger partial charge in [0.05, 0.1) is 11.7 Å². The molecule has 0 saturated heterocycles. The maximum Gasteiger partial charge on any atom is 0.254 e. The fourth-order valence-corrected chi connectivity index (χ4v) is 4.52. The van der Waals surface area contributed by atoms with Crippen LogP contribution in [0.4, 0.5) is 0 Å². The third-order valence-corrected chi connectivity index (χ3v) is 5.79. The van der Waals surface area contributed by atoms with Crippen LogP contribution in [-0.2, 0) is 4.79 Å². The van der Waals surface area contributed by atoms with E-state index in [-0.39, 0.29) is 23.4 Å². The summed E-state index contributed by atoms with van der Waals surface area (Å²) in [5.41, 5.74) is 0.806. The summed E-state index contributed by atoms with van der Waals surface area (Å²) in [6.07, 6.45) is 6.22. The first kappa shape index (κ1) is 16.6. The van der Waals surface area contributed by atoms with Crippen LogP contribution in [0, 0.1) is 0 Å². The van der Waals surface area contributed by atoms with Crippen molar-refractivity contribution in [1.29, 1.82) is 0 Å². The Kier molecular flexibility index (Phi) is 5.09. The molecule has 1 atom stereocenters. The minimum atomic E-state index is -0.0696. The van der Waals surface area contributed by atoms with E-state index < -0.39 is 0 Å². The summed E-state index contributed by atoms with van der Waals surface area (Å²) in [7, 11) is 0. The fraction of sp³-hybridized carbons (Fsp3) is 0.706. The Morgan fingerprint density at radius 3 is 2.83 bits per heavy atom. The summed E-state index contributed by atoms with van der Waals surface area (Å²) in [4.78, 5) is 29.3. The number of carbonyl (C=O) groups excluding carboxylic acids is 1. The van der Waals surface area contributed by atoms with Crippen LogP contribution in [-0.4, -0.2) is 27.3 Å². The number of rotatable bonds is 4. The second-order valence-corrected chi connectivity index (χ2v) is 7.89. The van der Waals surface area contributed by atoms with Crippen molar-refractivity contribution in [2.45, 2.75) is 75.5 Å². The summed E-state index contributed by atoms with van der Waals surface area (Å²) >= 11 is 1.58. The lowest BCUT2D eigenvalue weighted by Crippen LogP contribution is -2.38. The second kappa shape index (κ2) is 7.07. The number of carbonyl (C=O) groups is 1. The standard InChI is InChI=1S/C17H25N3O2S/c1-11(2)14-9-16(22)20-13(10-23-17(20)19-14)8-15(21)18-12-6-4-3-5-7-12/h9,11-13H,3-8,10H2,1-2H3,(H,18,21). The highest BCUT2D eigenvalue weighted by atomic mass is 32.2. The molecular formula is C17H25N3O2S. The molecule has 6 heteroatoms. The molecular weight excluding hydrogens is 310 g/mol. The molecule has 1 aromatic rings. The number of amides is 1. The number of thioether (sulfide) groups is 1. The van der Waals surface area contributed by atoms with Gasteiger partial charge in [0.2, 0.25) is 5.91 Å². The minimum Gasteiger partial charge on any atom is -0.353 e. The Hall–Kier alpha value is -1.30. The van der Waals surface area contributed by atoms with E-state index in [4.69, 9.17) is 0 Å². The Balaban J connectivity index is 1.67. The topological polar surface area (TPSA) is 64.0 Å². The zero-order valence-electron chi connectivity index (χ0n) is 13.9. The number of fused-ring (bicyclic) bond motifs is 1. The molecule has 1 fully saturated rings. The molecule has 1 aromatic heterocycles. The van der Waals surface area contributed by atoms with Gasteiger partial charge in [0.1, 0.15) is 0 Å². The van der Waals surface area contributed by atoms with Crippen molar-refractivity contribution >= 4 is 17.7 Å². The third-order valence-electron chi connectivity index (χ3n) is 4.69. The van der Waals surface area contributed by atoms with E-state index in [2.05, 4.69) is 10.3 Å². The van der Waals surface area contributed by atoms with E-state index in [1.165, 1.54) is 19.3 Å². The zero-order valence-corrected chi connectivity index (χ0v) is 14.7. The molecule has 1 aliphatic heterocycles. The van der Waals surface area contributed by atoms with Crippen molar-refractivity contribution in [1.82, 2.24) is 14.9 Å². The van der Waals surface area contributed by atoms with Crippen LogP contribution in [0.2, 0.25) is 0 Å². The lowest BCUT2D eigenvalue weighted by molar-refractivity contribution is -0.122. The number of hydrogen-bond acceptors (Lipinski definition) is 4. The third kappa shape index (κ3) is 3.79. The largest absolute Gasteiger partial charge is 0.353 e. The normalized spacial score (nSPS) is 21.4. The summed E-state index contributed by atoms with van der Waals surface area (Å²) in [6, 6.07) is 1.87. The molecule has 0 spiro atoms. The van der Waals surface area contributed by atoms with Gasteiger partial charge in [0, 0.05) is 24.3 Å². The molecule has 1 unspecified atom stereocenters. The van der Waals surface area contributed by atoms with Crippen molar-refractivity contribution in [3.05, 3.63) is 22.1 Å². The Bertz CT molecular complexity index is 635. The van der Waals surface area contributed by atoms with Gasteiger partial charge in [-0.2, -0.15) is 0 Å². The molecule has 3 rings (SSSR count). The van der Waals surface area contributed by atoms with Gasteiger partial charge in [-0.3, -0.25) is 14.2 Å². The SMILES string of the molecule is CC(C)c1cc(=O)n2c(n1)SCC2CC(=O)NC1CCCCC1. The van der Waals surface area contributed by atoms with Crippen molar-refractivity contribution in [2.75, 3.05) is 5.75 Å². The monoisotopic (exact) mass is 335 g/mol. The van der Waals surface area contributed by atoms with Gasteiger partial charge in [-0.1, -0.05) is 44.9 Å². The number of nitrogens with one attached hydrogen (secondary N) is 1. The van der Waals surface area contributed by atoms with Crippen LogP contribution in [0.3, 0.4) is 0 Å². The lowest BCUT2D eigenvalue weighted by atomic mass is 9.95. The summed E-state index contributed by atoms with van der Waals surface area (Å²) in [5.74, 6) is 1.06. The van der Waals surface area contributed by atoms with Gasteiger partial charge >= 0.3 is 0 Å². The average Bonchev–Trinajstić information content (AvgIpc) is 2.91. The maximum absolute atomic E-state index is 12.4. The van der Waals surface area contributed by atoms with Gasteiger partial charge in [-0.15, -0.1) is 0 Å². The van der Waals surface area contributed by atoms with E-state index in [1.807, 2.05) is 13.8 Å². The van der Waals surface area contributed by atoms with Crippen molar-refractivity contribution in [3.8, 4) is 0 Å². The van der Waals surface area contributed by atoms with Crippen molar-refractivity contribution in [2.24, 2.45) is 0 Å². The molecule has 126 valence electrons. The predicted molar refractivity (Wildman–Crippen MR) is 92.0 cm³/mol. The van der Waals surface area contributed by atoms with Crippen LogP contribution >= 0.6 is 11.8 Å². The van der Waals surface area contributed by atoms with Gasteiger partial charge in [0.25, 0.3) is 5.56 Å². The van der Waals surface area contributed by atoms with Crippen LogP contribution in [0.25, 0.3) is 0 Å². The van der Waals surface area contributed by atoms with E-state index in [0.29, 0.717) is 12.5 Å². The molecule has 5 nitrogen and oxygen atoms in total. The molecule has 1 aliphatic carbocycles. The van der Waals surface area contributed by atoms with Gasteiger partial charge in [-0.25, -0.2) is 4.98 Å². The first-order chi connectivity index (χ1) is 11.0. The average molecular weight is 335 g/mol. The molecule has 2 heterocycles. The quantitative estimate of drug-likeness (QED) is 0.860. The van der Waals surface area contributed by atoms with E-state index in [1.54, 1.807) is 22.4 Å². The molecule has 1 amide bonds.